The Balaban J connectivity index is 1.03. The molecule has 0 bridgehead atoms. The Labute approximate surface area is 238 Å². The molecule has 3 aromatic heterocycles. The number of allylic oxidation sites excluding steroid dienone is 1. The van der Waals surface area contributed by atoms with Gasteiger partial charge in [-0.3, -0.25) is 14.9 Å². The van der Waals surface area contributed by atoms with Crippen LogP contribution in [-0.2, 0) is 6.61 Å². The third kappa shape index (κ3) is 3.43. The summed E-state index contributed by atoms with van der Waals surface area (Å²) in [7, 11) is 0. The molecule has 6 heterocycles. The third-order valence-corrected chi connectivity index (χ3v) is 8.92. The molecule has 0 unspecified atom stereocenters. The van der Waals surface area contributed by atoms with Gasteiger partial charge in [0.25, 0.3) is 5.56 Å². The molecule has 5 aromatic rings. The van der Waals surface area contributed by atoms with E-state index in [1.54, 1.807) is 16.8 Å². The van der Waals surface area contributed by atoms with Crippen LogP contribution in [0.25, 0.3) is 33.6 Å². The van der Waals surface area contributed by atoms with E-state index in [0.717, 1.165) is 68.3 Å². The Morgan fingerprint density at radius 3 is 2.90 bits per heavy atom. The van der Waals surface area contributed by atoms with Crippen molar-refractivity contribution in [3.05, 3.63) is 99.5 Å². The van der Waals surface area contributed by atoms with E-state index in [2.05, 4.69) is 50.0 Å². The van der Waals surface area contributed by atoms with Crippen LogP contribution in [0.2, 0.25) is 5.02 Å². The number of nitrogens with one attached hydrogen (secondary N) is 1. The normalized spacial score (nSPS) is 21.3. The van der Waals surface area contributed by atoms with Crippen LogP contribution >= 0.6 is 11.6 Å². The maximum Gasteiger partial charge on any atom is 0.251 e. The highest BCUT2D eigenvalue weighted by molar-refractivity contribution is 6.31. The average molecular weight is 561 g/mol. The second-order valence-corrected chi connectivity index (χ2v) is 11.4. The molecule has 0 saturated heterocycles. The quantitative estimate of drug-likeness (QED) is 0.332. The molecule has 1 saturated carbocycles. The molecule has 0 radical (unpaired) electrons. The summed E-state index contributed by atoms with van der Waals surface area (Å²) in [5.74, 6) is 1.57. The van der Waals surface area contributed by atoms with Gasteiger partial charge in [0.05, 0.1) is 23.6 Å². The van der Waals surface area contributed by atoms with Crippen molar-refractivity contribution in [3.63, 3.8) is 0 Å². The number of hydrogen-bond acceptors (Lipinski definition) is 7. The SMILES string of the molecule is O=c1cc(-c2cc(Cl)ccc2-n2cnnn2)cc2n1[C@H](C1=NC=C(c3ccc4c(c3)OCc3cn[nH]c3-4)C1)[C@H]1C[C@@H]21. The fourth-order valence-electron chi connectivity index (χ4n) is 6.70. The topological polar surface area (TPSA) is 116 Å². The minimum absolute atomic E-state index is 0.0361. The predicted molar refractivity (Wildman–Crippen MR) is 152 cm³/mol. The molecular weight excluding hydrogens is 540 g/mol. The van der Waals surface area contributed by atoms with Gasteiger partial charge in [0.1, 0.15) is 18.7 Å². The fraction of sp³-hybridized carbons (Fsp3) is 0.200. The summed E-state index contributed by atoms with van der Waals surface area (Å²) in [6.45, 7) is 0.502. The number of tetrazole rings is 1. The molecule has 3 atom stereocenters. The Morgan fingerprint density at radius 1 is 1.05 bits per heavy atom. The molecule has 1 aliphatic carbocycles. The maximum absolute atomic E-state index is 13.7. The summed E-state index contributed by atoms with van der Waals surface area (Å²) in [5.41, 5.74) is 9.73. The fourth-order valence-corrected chi connectivity index (χ4v) is 6.88. The molecule has 3 aliphatic heterocycles. The van der Waals surface area contributed by atoms with Crippen LogP contribution in [-0.4, -0.2) is 40.7 Å². The van der Waals surface area contributed by atoms with E-state index in [0.29, 0.717) is 29.9 Å². The summed E-state index contributed by atoms with van der Waals surface area (Å²) in [5, 5.41) is 19.4. The highest BCUT2D eigenvalue weighted by Gasteiger charge is 2.54. The van der Waals surface area contributed by atoms with Gasteiger partial charge in [0.2, 0.25) is 0 Å². The summed E-state index contributed by atoms with van der Waals surface area (Å²) in [6.07, 6.45) is 7.04. The monoisotopic (exact) mass is 560 g/mol. The smallest absolute Gasteiger partial charge is 0.251 e. The number of pyridine rings is 1. The van der Waals surface area contributed by atoms with Gasteiger partial charge >= 0.3 is 0 Å². The number of fused-ring (bicyclic) bond motifs is 6. The number of aromatic nitrogens is 7. The van der Waals surface area contributed by atoms with E-state index >= 15 is 0 Å². The van der Waals surface area contributed by atoms with Crippen molar-refractivity contribution in [2.75, 3.05) is 0 Å². The molecule has 41 heavy (non-hydrogen) atoms. The maximum atomic E-state index is 13.7. The standard InChI is InChI=1S/C30H21ClN8O2/c31-19-2-4-25(38-14-34-36-37-38)21(9-19)16-6-26-22-10-23(22)30(39(26)28(40)8-16)24-5-17(11-32-24)15-1-3-20-27(7-15)41-13-18-12-33-35-29(18)20/h1-4,6-9,11-12,14,22-23,30H,5,10,13H2,(H,33,35)/t22-,23+,30+/m1/s1. The lowest BCUT2D eigenvalue weighted by Crippen LogP contribution is -2.29. The number of halogens is 1. The van der Waals surface area contributed by atoms with Crippen LogP contribution < -0.4 is 10.3 Å². The van der Waals surface area contributed by atoms with Gasteiger partial charge in [-0.15, -0.1) is 5.10 Å². The van der Waals surface area contributed by atoms with E-state index < -0.39 is 0 Å². The molecule has 200 valence electrons. The van der Waals surface area contributed by atoms with Gasteiger partial charge < -0.3 is 9.30 Å². The van der Waals surface area contributed by atoms with Crippen molar-refractivity contribution < 1.29 is 4.74 Å². The van der Waals surface area contributed by atoms with E-state index in [9.17, 15) is 4.79 Å². The largest absolute Gasteiger partial charge is 0.488 e. The zero-order valence-electron chi connectivity index (χ0n) is 21.5. The predicted octanol–water partition coefficient (Wildman–Crippen LogP) is 4.97. The van der Waals surface area contributed by atoms with E-state index in [-0.39, 0.29) is 11.6 Å². The number of aliphatic imine (C=N–C) groups is 1. The first-order chi connectivity index (χ1) is 20.1. The van der Waals surface area contributed by atoms with E-state index in [1.807, 2.05) is 29.1 Å². The van der Waals surface area contributed by atoms with Crippen LogP contribution in [0.3, 0.4) is 0 Å². The lowest BCUT2D eigenvalue weighted by molar-refractivity contribution is 0.302. The first-order valence-corrected chi connectivity index (χ1v) is 13.9. The van der Waals surface area contributed by atoms with Crippen molar-refractivity contribution in [1.82, 2.24) is 35.0 Å². The van der Waals surface area contributed by atoms with Crippen LogP contribution in [0.1, 0.15) is 41.6 Å². The number of hydrogen-bond donors (Lipinski definition) is 1. The van der Waals surface area contributed by atoms with Gasteiger partial charge in [0, 0.05) is 57.7 Å². The Kier molecular flexibility index (Phi) is 4.66. The van der Waals surface area contributed by atoms with Crippen molar-refractivity contribution in [2.45, 2.75) is 31.4 Å². The highest BCUT2D eigenvalue weighted by Crippen LogP contribution is 2.60. The number of nitrogens with zero attached hydrogens (tertiary/aromatic N) is 7. The molecule has 0 amide bonds. The number of ether oxygens (including phenoxy) is 1. The van der Waals surface area contributed by atoms with E-state index in [1.165, 1.54) is 6.33 Å². The molecule has 0 spiro atoms. The lowest BCUT2D eigenvalue weighted by Gasteiger charge is -2.20. The molecular formula is C30H21ClN8O2. The van der Waals surface area contributed by atoms with Gasteiger partial charge in [-0.05, 0) is 75.9 Å². The Morgan fingerprint density at radius 2 is 2.00 bits per heavy atom. The molecule has 1 fully saturated rings. The number of benzene rings is 2. The number of H-pyrrole nitrogens is 1. The second kappa shape index (κ2) is 8.34. The lowest BCUT2D eigenvalue weighted by atomic mass is 9.95. The molecule has 9 rings (SSSR count). The average Bonchev–Trinajstić information content (AvgIpc) is 3.50. The molecule has 10 nitrogen and oxygen atoms in total. The zero-order valence-corrected chi connectivity index (χ0v) is 22.3. The molecule has 1 N–H and O–H groups in total. The molecule has 2 aromatic carbocycles. The minimum atomic E-state index is -0.0370. The van der Waals surface area contributed by atoms with Gasteiger partial charge in [-0.25, -0.2) is 0 Å². The van der Waals surface area contributed by atoms with Crippen molar-refractivity contribution in [3.8, 4) is 33.8 Å². The molecule has 4 aliphatic rings. The third-order valence-electron chi connectivity index (χ3n) is 8.69. The minimum Gasteiger partial charge on any atom is -0.488 e. The summed E-state index contributed by atoms with van der Waals surface area (Å²) in [6, 6.07) is 15.6. The second-order valence-electron chi connectivity index (χ2n) is 11.0. The summed E-state index contributed by atoms with van der Waals surface area (Å²) >= 11 is 6.37. The number of rotatable bonds is 4. The highest BCUT2D eigenvalue weighted by atomic mass is 35.5. The zero-order chi connectivity index (χ0) is 27.2. The molecule has 11 heteroatoms. The summed E-state index contributed by atoms with van der Waals surface area (Å²) in [4.78, 5) is 18.6. The van der Waals surface area contributed by atoms with Gasteiger partial charge in [-0.1, -0.05) is 17.7 Å². The Bertz CT molecular complexity index is 2020. The Hall–Kier alpha value is -4.83. The van der Waals surface area contributed by atoms with Crippen LogP contribution in [0.5, 0.6) is 5.75 Å². The van der Waals surface area contributed by atoms with Crippen molar-refractivity contribution in [2.24, 2.45) is 10.9 Å². The van der Waals surface area contributed by atoms with Crippen molar-refractivity contribution in [1.29, 1.82) is 0 Å². The first kappa shape index (κ1) is 22.9. The van der Waals surface area contributed by atoms with Crippen LogP contribution in [0.15, 0.2) is 77.0 Å². The van der Waals surface area contributed by atoms with Crippen LogP contribution in [0.4, 0.5) is 0 Å². The number of aromatic amines is 1. The van der Waals surface area contributed by atoms with Gasteiger partial charge in [0.15, 0.2) is 0 Å². The summed E-state index contributed by atoms with van der Waals surface area (Å²) < 4.78 is 9.55. The van der Waals surface area contributed by atoms with Crippen LogP contribution in [0, 0.1) is 5.92 Å². The first-order valence-electron chi connectivity index (χ1n) is 13.5. The van der Waals surface area contributed by atoms with Crippen molar-refractivity contribution >= 4 is 22.9 Å². The van der Waals surface area contributed by atoms with Gasteiger partial charge in [-0.2, -0.15) is 9.78 Å². The van der Waals surface area contributed by atoms with E-state index in [4.69, 9.17) is 21.3 Å².